The van der Waals surface area contributed by atoms with Crippen LogP contribution in [-0.2, 0) is 6.54 Å². The van der Waals surface area contributed by atoms with Crippen molar-refractivity contribution < 1.29 is 4.79 Å². The molecule has 0 saturated carbocycles. The third kappa shape index (κ3) is 4.13. The number of hydrogen-bond acceptors (Lipinski definition) is 4. The van der Waals surface area contributed by atoms with Gasteiger partial charge in [0.25, 0.3) is 0 Å². The summed E-state index contributed by atoms with van der Waals surface area (Å²) in [6.45, 7) is 5.90. The van der Waals surface area contributed by atoms with Crippen LogP contribution in [0.15, 0.2) is 30.3 Å². The van der Waals surface area contributed by atoms with Crippen molar-refractivity contribution in [1.29, 1.82) is 0 Å². The van der Waals surface area contributed by atoms with Crippen molar-refractivity contribution >= 4 is 28.7 Å². The Morgan fingerprint density at radius 3 is 2.75 bits per heavy atom. The number of aromatic nitrogens is 1. The standard InChI is InChI=1S/C15H17ClN2OS/c1-3-18(9-12-6-4-5-11(2)17-12)10-13(19)14-7-8-15(16)20-14/h4-8H,3,9-10H2,1-2H3. The summed E-state index contributed by atoms with van der Waals surface area (Å²) in [6, 6.07) is 9.50. The van der Waals surface area contributed by atoms with Gasteiger partial charge in [-0.15, -0.1) is 11.3 Å². The van der Waals surface area contributed by atoms with Gasteiger partial charge in [0.2, 0.25) is 0 Å². The summed E-state index contributed by atoms with van der Waals surface area (Å²) in [5, 5.41) is 0. The third-order valence-corrected chi connectivity index (χ3v) is 4.27. The number of carbonyl (C=O) groups excluding carboxylic acids is 1. The van der Waals surface area contributed by atoms with Gasteiger partial charge in [0, 0.05) is 12.2 Å². The largest absolute Gasteiger partial charge is 0.292 e. The minimum atomic E-state index is 0.108. The lowest BCUT2D eigenvalue weighted by Gasteiger charge is -2.18. The Labute approximate surface area is 128 Å². The molecular weight excluding hydrogens is 292 g/mol. The Morgan fingerprint density at radius 1 is 1.35 bits per heavy atom. The monoisotopic (exact) mass is 308 g/mol. The van der Waals surface area contributed by atoms with Gasteiger partial charge in [-0.05, 0) is 37.7 Å². The van der Waals surface area contributed by atoms with Crippen molar-refractivity contribution in [2.45, 2.75) is 20.4 Å². The maximum absolute atomic E-state index is 12.2. The number of rotatable bonds is 6. The molecule has 0 aliphatic heterocycles. The molecule has 2 aromatic rings. The van der Waals surface area contributed by atoms with Gasteiger partial charge < -0.3 is 0 Å². The minimum Gasteiger partial charge on any atom is -0.292 e. The molecule has 2 rings (SSSR count). The van der Waals surface area contributed by atoms with E-state index in [0.29, 0.717) is 22.3 Å². The number of likely N-dealkylation sites (N-methyl/N-ethyl adjacent to an activating group) is 1. The van der Waals surface area contributed by atoms with Crippen LogP contribution in [-0.4, -0.2) is 28.8 Å². The molecule has 20 heavy (non-hydrogen) atoms. The predicted octanol–water partition coefficient (Wildman–Crippen LogP) is 3.81. The minimum absolute atomic E-state index is 0.108. The molecule has 0 fully saturated rings. The predicted molar refractivity (Wildman–Crippen MR) is 83.6 cm³/mol. The van der Waals surface area contributed by atoms with E-state index in [4.69, 9.17) is 11.6 Å². The molecule has 0 spiro atoms. The summed E-state index contributed by atoms with van der Waals surface area (Å²) >= 11 is 7.20. The van der Waals surface area contributed by atoms with E-state index in [1.165, 1.54) is 11.3 Å². The Balaban J connectivity index is 2.00. The van der Waals surface area contributed by atoms with Gasteiger partial charge in [0.15, 0.2) is 5.78 Å². The quantitative estimate of drug-likeness (QED) is 0.761. The van der Waals surface area contributed by atoms with Crippen LogP contribution in [0.25, 0.3) is 0 Å². The second kappa shape index (κ2) is 6.97. The maximum atomic E-state index is 12.2. The van der Waals surface area contributed by atoms with E-state index in [-0.39, 0.29) is 5.78 Å². The van der Waals surface area contributed by atoms with Gasteiger partial charge in [-0.3, -0.25) is 14.7 Å². The zero-order valence-corrected chi connectivity index (χ0v) is 13.2. The molecular formula is C15H17ClN2OS. The Hall–Kier alpha value is -1.23. The van der Waals surface area contributed by atoms with E-state index in [1.807, 2.05) is 32.0 Å². The van der Waals surface area contributed by atoms with Gasteiger partial charge in [-0.2, -0.15) is 0 Å². The Morgan fingerprint density at radius 2 is 2.15 bits per heavy atom. The van der Waals surface area contributed by atoms with Crippen LogP contribution < -0.4 is 0 Å². The molecule has 0 aliphatic carbocycles. The first kappa shape index (κ1) is 15.2. The van der Waals surface area contributed by atoms with E-state index >= 15 is 0 Å². The molecule has 0 bridgehead atoms. The lowest BCUT2D eigenvalue weighted by Crippen LogP contribution is -2.29. The van der Waals surface area contributed by atoms with Gasteiger partial charge in [-0.25, -0.2) is 0 Å². The zero-order valence-electron chi connectivity index (χ0n) is 11.6. The summed E-state index contributed by atoms with van der Waals surface area (Å²) in [5.41, 5.74) is 1.98. The SMILES string of the molecule is CCN(CC(=O)c1ccc(Cl)s1)Cc1cccc(C)n1. The molecule has 0 amide bonds. The van der Waals surface area contributed by atoms with Gasteiger partial charge in [0.1, 0.15) is 0 Å². The lowest BCUT2D eigenvalue weighted by molar-refractivity contribution is 0.0933. The van der Waals surface area contributed by atoms with Crippen LogP contribution in [0.3, 0.4) is 0 Å². The molecule has 0 aliphatic rings. The smallest absolute Gasteiger partial charge is 0.186 e. The topological polar surface area (TPSA) is 33.2 Å². The van der Waals surface area contributed by atoms with Crippen LogP contribution >= 0.6 is 22.9 Å². The highest BCUT2D eigenvalue weighted by Gasteiger charge is 2.14. The summed E-state index contributed by atoms with van der Waals surface area (Å²) in [7, 11) is 0. The number of halogens is 1. The summed E-state index contributed by atoms with van der Waals surface area (Å²) in [6.07, 6.45) is 0. The van der Waals surface area contributed by atoms with Crippen molar-refractivity contribution in [3.8, 4) is 0 Å². The number of aryl methyl sites for hydroxylation is 1. The molecule has 0 unspecified atom stereocenters. The highest BCUT2D eigenvalue weighted by atomic mass is 35.5. The molecule has 0 radical (unpaired) electrons. The van der Waals surface area contributed by atoms with Gasteiger partial charge >= 0.3 is 0 Å². The average molecular weight is 309 g/mol. The first-order valence-electron chi connectivity index (χ1n) is 6.52. The number of hydrogen-bond donors (Lipinski definition) is 0. The molecule has 5 heteroatoms. The van der Waals surface area contributed by atoms with Gasteiger partial charge in [-0.1, -0.05) is 24.6 Å². The van der Waals surface area contributed by atoms with E-state index in [1.54, 1.807) is 12.1 Å². The average Bonchev–Trinajstić information content (AvgIpc) is 2.85. The van der Waals surface area contributed by atoms with Crippen LogP contribution in [0.2, 0.25) is 4.34 Å². The first-order chi connectivity index (χ1) is 9.58. The summed E-state index contributed by atoms with van der Waals surface area (Å²) in [4.78, 5) is 19.4. The fraction of sp³-hybridized carbons (Fsp3) is 0.333. The van der Waals surface area contributed by atoms with Crippen molar-refractivity contribution in [3.63, 3.8) is 0 Å². The summed E-state index contributed by atoms with van der Waals surface area (Å²) in [5.74, 6) is 0.108. The zero-order chi connectivity index (χ0) is 14.5. The molecule has 0 aromatic carbocycles. The highest BCUT2D eigenvalue weighted by Crippen LogP contribution is 2.22. The highest BCUT2D eigenvalue weighted by molar-refractivity contribution is 7.18. The third-order valence-electron chi connectivity index (χ3n) is 2.99. The number of carbonyl (C=O) groups is 1. The molecule has 2 aromatic heterocycles. The first-order valence-corrected chi connectivity index (χ1v) is 7.71. The molecule has 2 heterocycles. The normalized spacial score (nSPS) is 11.0. The summed E-state index contributed by atoms with van der Waals surface area (Å²) < 4.78 is 0.650. The Bertz CT molecular complexity index is 597. The number of Topliss-reactive ketones (excluding diaryl/α,β-unsaturated/α-hetero) is 1. The van der Waals surface area contributed by atoms with E-state index < -0.39 is 0 Å². The lowest BCUT2D eigenvalue weighted by atomic mass is 10.2. The van der Waals surface area contributed by atoms with E-state index in [0.717, 1.165) is 17.9 Å². The van der Waals surface area contributed by atoms with Crippen LogP contribution in [0.4, 0.5) is 0 Å². The second-order valence-corrected chi connectivity index (χ2v) is 6.32. The van der Waals surface area contributed by atoms with Crippen molar-refractivity contribution in [3.05, 3.63) is 50.9 Å². The van der Waals surface area contributed by atoms with Crippen molar-refractivity contribution in [1.82, 2.24) is 9.88 Å². The second-order valence-electron chi connectivity index (χ2n) is 4.60. The maximum Gasteiger partial charge on any atom is 0.186 e. The van der Waals surface area contributed by atoms with Gasteiger partial charge in [0.05, 0.1) is 21.5 Å². The number of ketones is 1. The molecule has 0 atom stereocenters. The van der Waals surface area contributed by atoms with Crippen molar-refractivity contribution in [2.75, 3.05) is 13.1 Å². The molecule has 106 valence electrons. The molecule has 0 N–H and O–H groups in total. The van der Waals surface area contributed by atoms with Crippen molar-refractivity contribution in [2.24, 2.45) is 0 Å². The molecule has 3 nitrogen and oxygen atoms in total. The van der Waals surface area contributed by atoms with E-state index in [9.17, 15) is 4.79 Å². The number of nitrogens with zero attached hydrogens (tertiary/aromatic N) is 2. The van der Waals surface area contributed by atoms with Crippen LogP contribution in [0.5, 0.6) is 0 Å². The molecule has 0 saturated heterocycles. The van der Waals surface area contributed by atoms with Crippen LogP contribution in [0.1, 0.15) is 28.0 Å². The fourth-order valence-corrected chi connectivity index (χ4v) is 2.91. The van der Waals surface area contributed by atoms with E-state index in [2.05, 4.69) is 9.88 Å². The van der Waals surface area contributed by atoms with Crippen LogP contribution in [0, 0.1) is 6.92 Å². The number of pyridine rings is 1. The fourth-order valence-electron chi connectivity index (χ4n) is 1.94. The Kier molecular flexibility index (Phi) is 5.29. The number of thiophene rings is 1.